The van der Waals surface area contributed by atoms with Crippen LogP contribution < -0.4 is 5.73 Å². The fourth-order valence-electron chi connectivity index (χ4n) is 1.89. The highest BCUT2D eigenvalue weighted by Gasteiger charge is 2.09. The summed E-state index contributed by atoms with van der Waals surface area (Å²) in [6.07, 6.45) is 0. The molecular weight excluding hydrogens is 288 g/mol. The summed E-state index contributed by atoms with van der Waals surface area (Å²) < 4.78 is 0. The summed E-state index contributed by atoms with van der Waals surface area (Å²) in [5.74, 6) is 1.12. The Kier molecular flexibility index (Phi) is 3.41. The number of anilines is 1. The van der Waals surface area contributed by atoms with Crippen LogP contribution in [0.15, 0.2) is 48.5 Å². The first kappa shape index (κ1) is 13.3. The summed E-state index contributed by atoms with van der Waals surface area (Å²) in [5, 5.41) is 10.2. The van der Waals surface area contributed by atoms with E-state index < -0.39 is 0 Å². The molecule has 0 fully saturated rings. The minimum Gasteiger partial charge on any atom is -0.508 e. The molecule has 0 bridgehead atoms. The van der Waals surface area contributed by atoms with Gasteiger partial charge in [0.15, 0.2) is 11.6 Å². The Hall–Kier alpha value is -2.66. The standard InChI is InChI=1S/C15H11ClN4O/c16-11-6-4-9(5-7-11)13-18-14(20-15(17)19-13)10-2-1-3-12(21)8-10/h1-8,21H,(H2,17,18,19,20). The lowest BCUT2D eigenvalue weighted by Crippen LogP contribution is -2.02. The predicted molar refractivity (Wildman–Crippen MR) is 81.8 cm³/mol. The maximum absolute atomic E-state index is 9.54. The molecule has 0 radical (unpaired) electrons. The summed E-state index contributed by atoms with van der Waals surface area (Å²) in [5.41, 5.74) is 7.20. The van der Waals surface area contributed by atoms with Gasteiger partial charge < -0.3 is 10.8 Å². The van der Waals surface area contributed by atoms with E-state index in [2.05, 4.69) is 15.0 Å². The average Bonchev–Trinajstić information content (AvgIpc) is 2.47. The molecule has 3 N–H and O–H groups in total. The van der Waals surface area contributed by atoms with Crippen LogP contribution in [0, 0.1) is 0 Å². The second kappa shape index (κ2) is 5.38. The summed E-state index contributed by atoms with van der Waals surface area (Å²) in [6, 6.07) is 13.8. The van der Waals surface area contributed by atoms with Crippen LogP contribution in [0.1, 0.15) is 0 Å². The number of hydrogen-bond donors (Lipinski definition) is 2. The van der Waals surface area contributed by atoms with Gasteiger partial charge in [0.25, 0.3) is 0 Å². The lowest BCUT2D eigenvalue weighted by molar-refractivity contribution is 0.475. The zero-order valence-corrected chi connectivity index (χ0v) is 11.6. The maximum atomic E-state index is 9.54. The minimum atomic E-state index is 0.119. The van der Waals surface area contributed by atoms with Crippen molar-refractivity contribution in [3.63, 3.8) is 0 Å². The monoisotopic (exact) mass is 298 g/mol. The molecule has 104 valence electrons. The van der Waals surface area contributed by atoms with Gasteiger partial charge in [-0.25, -0.2) is 4.98 Å². The van der Waals surface area contributed by atoms with Gasteiger partial charge in [-0.05, 0) is 36.4 Å². The number of rotatable bonds is 2. The Morgan fingerprint density at radius 2 is 1.52 bits per heavy atom. The molecule has 1 aromatic heterocycles. The molecule has 6 heteroatoms. The molecule has 0 saturated heterocycles. The van der Waals surface area contributed by atoms with Gasteiger partial charge in [-0.15, -0.1) is 0 Å². The molecule has 0 saturated carbocycles. The van der Waals surface area contributed by atoms with Crippen molar-refractivity contribution in [2.45, 2.75) is 0 Å². The van der Waals surface area contributed by atoms with E-state index in [1.165, 1.54) is 0 Å². The molecule has 0 aliphatic carbocycles. The van der Waals surface area contributed by atoms with E-state index in [9.17, 15) is 5.11 Å². The number of hydrogen-bond acceptors (Lipinski definition) is 5. The number of nitrogens with two attached hydrogens (primary N) is 1. The third-order valence-electron chi connectivity index (χ3n) is 2.86. The number of phenols is 1. The van der Waals surface area contributed by atoms with Gasteiger partial charge in [0.2, 0.25) is 5.95 Å². The Balaban J connectivity index is 2.10. The molecule has 5 nitrogen and oxygen atoms in total. The van der Waals surface area contributed by atoms with E-state index in [1.807, 2.05) is 12.1 Å². The summed E-state index contributed by atoms with van der Waals surface area (Å²) in [7, 11) is 0. The van der Waals surface area contributed by atoms with E-state index in [1.54, 1.807) is 36.4 Å². The molecule has 2 aromatic carbocycles. The summed E-state index contributed by atoms with van der Waals surface area (Å²) in [6.45, 7) is 0. The molecular formula is C15H11ClN4O. The van der Waals surface area contributed by atoms with Crippen molar-refractivity contribution in [2.75, 3.05) is 5.73 Å². The van der Waals surface area contributed by atoms with Gasteiger partial charge in [-0.2, -0.15) is 9.97 Å². The molecule has 0 amide bonds. The normalized spacial score (nSPS) is 10.5. The Labute approximate surface area is 126 Å². The predicted octanol–water partition coefficient (Wildman–Crippen LogP) is 3.15. The van der Waals surface area contributed by atoms with Crippen LogP contribution in [0.25, 0.3) is 22.8 Å². The van der Waals surface area contributed by atoms with Crippen LogP contribution in [0.4, 0.5) is 5.95 Å². The maximum Gasteiger partial charge on any atom is 0.224 e. The highest BCUT2D eigenvalue weighted by atomic mass is 35.5. The summed E-state index contributed by atoms with van der Waals surface area (Å²) in [4.78, 5) is 12.6. The smallest absolute Gasteiger partial charge is 0.224 e. The molecule has 3 aromatic rings. The first-order valence-corrected chi connectivity index (χ1v) is 6.56. The molecule has 1 heterocycles. The number of phenolic OH excluding ortho intramolecular Hbond substituents is 1. The summed E-state index contributed by atoms with van der Waals surface area (Å²) >= 11 is 5.87. The first-order chi connectivity index (χ1) is 10.1. The third-order valence-corrected chi connectivity index (χ3v) is 3.11. The van der Waals surface area contributed by atoms with E-state index in [-0.39, 0.29) is 11.7 Å². The highest BCUT2D eigenvalue weighted by Crippen LogP contribution is 2.24. The van der Waals surface area contributed by atoms with Crippen LogP contribution in [0.2, 0.25) is 5.02 Å². The van der Waals surface area contributed by atoms with Gasteiger partial charge >= 0.3 is 0 Å². The fourth-order valence-corrected chi connectivity index (χ4v) is 2.02. The average molecular weight is 299 g/mol. The van der Waals surface area contributed by atoms with Gasteiger partial charge in [0, 0.05) is 16.1 Å². The van der Waals surface area contributed by atoms with Crippen molar-refractivity contribution >= 4 is 17.5 Å². The lowest BCUT2D eigenvalue weighted by atomic mass is 10.2. The van der Waals surface area contributed by atoms with Crippen molar-refractivity contribution in [3.05, 3.63) is 53.6 Å². The van der Waals surface area contributed by atoms with Gasteiger partial charge in [-0.3, -0.25) is 0 Å². The lowest BCUT2D eigenvalue weighted by Gasteiger charge is -2.05. The second-order valence-corrected chi connectivity index (χ2v) is 4.83. The van der Waals surface area contributed by atoms with E-state index in [0.717, 1.165) is 5.56 Å². The van der Waals surface area contributed by atoms with Crippen molar-refractivity contribution in [3.8, 4) is 28.5 Å². The number of halogens is 1. The van der Waals surface area contributed by atoms with Crippen LogP contribution in [-0.2, 0) is 0 Å². The van der Waals surface area contributed by atoms with Gasteiger partial charge in [0.1, 0.15) is 5.75 Å². The number of aromatic nitrogens is 3. The van der Waals surface area contributed by atoms with Crippen LogP contribution >= 0.6 is 11.6 Å². The second-order valence-electron chi connectivity index (χ2n) is 4.40. The van der Waals surface area contributed by atoms with Crippen LogP contribution in [0.5, 0.6) is 5.75 Å². The first-order valence-electron chi connectivity index (χ1n) is 6.19. The fraction of sp³-hybridized carbons (Fsp3) is 0. The molecule has 21 heavy (non-hydrogen) atoms. The van der Waals surface area contributed by atoms with E-state index >= 15 is 0 Å². The molecule has 3 rings (SSSR count). The quantitative estimate of drug-likeness (QED) is 0.759. The van der Waals surface area contributed by atoms with E-state index in [4.69, 9.17) is 17.3 Å². The van der Waals surface area contributed by atoms with E-state index in [0.29, 0.717) is 22.2 Å². The van der Waals surface area contributed by atoms with Crippen molar-refractivity contribution in [1.29, 1.82) is 0 Å². The zero-order chi connectivity index (χ0) is 14.8. The Morgan fingerprint density at radius 1 is 0.857 bits per heavy atom. The number of nitrogen functional groups attached to an aromatic ring is 1. The van der Waals surface area contributed by atoms with Crippen molar-refractivity contribution in [1.82, 2.24) is 15.0 Å². The largest absolute Gasteiger partial charge is 0.508 e. The molecule has 0 aliphatic rings. The van der Waals surface area contributed by atoms with Crippen LogP contribution in [-0.4, -0.2) is 20.1 Å². The topological polar surface area (TPSA) is 84.9 Å². The molecule has 0 aliphatic heterocycles. The van der Waals surface area contributed by atoms with Gasteiger partial charge in [-0.1, -0.05) is 23.7 Å². The molecule has 0 unspecified atom stereocenters. The number of nitrogens with zero attached hydrogens (tertiary/aromatic N) is 3. The number of benzene rings is 2. The van der Waals surface area contributed by atoms with Gasteiger partial charge in [0.05, 0.1) is 0 Å². The highest BCUT2D eigenvalue weighted by molar-refractivity contribution is 6.30. The third kappa shape index (κ3) is 2.93. The van der Waals surface area contributed by atoms with Crippen LogP contribution in [0.3, 0.4) is 0 Å². The number of aromatic hydroxyl groups is 1. The molecule has 0 atom stereocenters. The minimum absolute atomic E-state index is 0.119. The van der Waals surface area contributed by atoms with Crippen molar-refractivity contribution in [2.24, 2.45) is 0 Å². The zero-order valence-electron chi connectivity index (χ0n) is 10.9. The Morgan fingerprint density at radius 3 is 2.19 bits per heavy atom. The van der Waals surface area contributed by atoms with Crippen molar-refractivity contribution < 1.29 is 5.11 Å². The SMILES string of the molecule is Nc1nc(-c2ccc(Cl)cc2)nc(-c2cccc(O)c2)n1. The Bertz CT molecular complexity index is 790. The molecule has 0 spiro atoms.